The standard InChI is InChI=1S/C11H11N3O2S/c1-14-5-4-12-9(14)10-13-8-6(11(15)16)2-3-7(8)17-10/h4-6H,2-3H2,1H3,(H,15,16). The highest BCUT2D eigenvalue weighted by atomic mass is 32.1. The Kier molecular flexibility index (Phi) is 2.25. The third-order valence-electron chi connectivity index (χ3n) is 3.03. The van der Waals surface area contributed by atoms with Gasteiger partial charge in [0.2, 0.25) is 0 Å². The van der Waals surface area contributed by atoms with Crippen LogP contribution in [0.1, 0.15) is 22.9 Å². The first kappa shape index (κ1) is 10.5. The van der Waals surface area contributed by atoms with Gasteiger partial charge in [-0.1, -0.05) is 0 Å². The fraction of sp³-hybridized carbons (Fsp3) is 0.364. The SMILES string of the molecule is Cn1ccnc1-c1nc2c(s1)CCC2C(=O)O. The van der Waals surface area contributed by atoms with E-state index in [9.17, 15) is 4.79 Å². The molecule has 0 fully saturated rings. The second-order valence-corrected chi connectivity index (χ2v) is 5.20. The van der Waals surface area contributed by atoms with Gasteiger partial charge in [0.25, 0.3) is 0 Å². The predicted molar refractivity (Wildman–Crippen MR) is 63.0 cm³/mol. The Hall–Kier alpha value is -1.69. The zero-order valence-electron chi connectivity index (χ0n) is 9.25. The molecule has 0 aromatic carbocycles. The molecule has 1 N–H and O–H groups in total. The van der Waals surface area contributed by atoms with Gasteiger partial charge in [-0.05, 0) is 12.8 Å². The number of aromatic nitrogens is 3. The molecule has 0 bridgehead atoms. The average molecular weight is 249 g/mol. The molecule has 0 spiro atoms. The van der Waals surface area contributed by atoms with Crippen LogP contribution in [0.3, 0.4) is 0 Å². The molecule has 17 heavy (non-hydrogen) atoms. The summed E-state index contributed by atoms with van der Waals surface area (Å²) < 4.78 is 1.89. The van der Waals surface area contributed by atoms with Crippen molar-refractivity contribution in [2.75, 3.05) is 0 Å². The molecule has 1 atom stereocenters. The average Bonchev–Trinajstić information content (AvgIpc) is 2.89. The van der Waals surface area contributed by atoms with E-state index in [1.54, 1.807) is 17.5 Å². The van der Waals surface area contributed by atoms with Crippen LogP contribution in [0.25, 0.3) is 10.8 Å². The van der Waals surface area contributed by atoms with Crippen molar-refractivity contribution in [2.45, 2.75) is 18.8 Å². The van der Waals surface area contributed by atoms with Gasteiger partial charge in [-0.15, -0.1) is 11.3 Å². The summed E-state index contributed by atoms with van der Waals surface area (Å²) in [6.07, 6.45) is 5.06. The van der Waals surface area contributed by atoms with E-state index in [1.807, 2.05) is 17.8 Å². The molecule has 1 aliphatic carbocycles. The summed E-state index contributed by atoms with van der Waals surface area (Å²) in [6.45, 7) is 0. The number of aryl methyl sites for hydroxylation is 2. The Labute approximate surface area is 102 Å². The quantitative estimate of drug-likeness (QED) is 0.878. The van der Waals surface area contributed by atoms with Gasteiger partial charge in [-0.25, -0.2) is 9.97 Å². The molecule has 3 rings (SSSR count). The number of carbonyl (C=O) groups is 1. The monoisotopic (exact) mass is 249 g/mol. The van der Waals surface area contributed by atoms with Crippen LogP contribution in [0, 0.1) is 0 Å². The number of rotatable bonds is 2. The van der Waals surface area contributed by atoms with Crippen molar-refractivity contribution in [3.05, 3.63) is 23.0 Å². The van der Waals surface area contributed by atoms with Gasteiger partial charge in [0.1, 0.15) is 5.92 Å². The van der Waals surface area contributed by atoms with Gasteiger partial charge in [-0.2, -0.15) is 0 Å². The summed E-state index contributed by atoms with van der Waals surface area (Å²) in [4.78, 5) is 20.8. The summed E-state index contributed by atoms with van der Waals surface area (Å²) in [5.74, 6) is -0.413. The van der Waals surface area contributed by atoms with Gasteiger partial charge in [-0.3, -0.25) is 4.79 Å². The van der Waals surface area contributed by atoms with Gasteiger partial charge >= 0.3 is 5.97 Å². The van der Waals surface area contributed by atoms with Crippen LogP contribution in [0.5, 0.6) is 0 Å². The molecule has 0 radical (unpaired) electrons. The number of thiazole rings is 1. The number of hydrogen-bond donors (Lipinski definition) is 1. The molecule has 6 heteroatoms. The smallest absolute Gasteiger partial charge is 0.312 e. The third-order valence-corrected chi connectivity index (χ3v) is 4.16. The van der Waals surface area contributed by atoms with Crippen molar-refractivity contribution >= 4 is 17.3 Å². The minimum Gasteiger partial charge on any atom is -0.481 e. The Morgan fingerprint density at radius 3 is 3.12 bits per heavy atom. The van der Waals surface area contributed by atoms with Gasteiger partial charge in [0.05, 0.1) is 5.69 Å². The molecule has 5 nitrogen and oxygen atoms in total. The van der Waals surface area contributed by atoms with E-state index in [2.05, 4.69) is 9.97 Å². The maximum absolute atomic E-state index is 11.1. The lowest BCUT2D eigenvalue weighted by atomic mass is 10.1. The number of nitrogens with zero attached hydrogens (tertiary/aromatic N) is 3. The Morgan fingerprint density at radius 2 is 2.47 bits per heavy atom. The van der Waals surface area contributed by atoms with Crippen LogP contribution in [0.2, 0.25) is 0 Å². The summed E-state index contributed by atoms with van der Waals surface area (Å²) in [7, 11) is 1.91. The van der Waals surface area contributed by atoms with E-state index in [1.165, 1.54) is 0 Å². The molecule has 2 heterocycles. The van der Waals surface area contributed by atoms with Gasteiger partial charge in [0, 0.05) is 24.3 Å². The molecule has 0 saturated heterocycles. The summed E-state index contributed by atoms with van der Waals surface area (Å²) in [5, 5.41) is 9.91. The second kappa shape index (κ2) is 3.66. The number of carboxylic acids is 1. The second-order valence-electron chi connectivity index (χ2n) is 4.12. The first-order valence-electron chi connectivity index (χ1n) is 5.37. The molecule has 2 aromatic rings. The van der Waals surface area contributed by atoms with Crippen molar-refractivity contribution in [1.29, 1.82) is 0 Å². The van der Waals surface area contributed by atoms with Crippen molar-refractivity contribution in [3.8, 4) is 10.8 Å². The maximum Gasteiger partial charge on any atom is 0.312 e. The Balaban J connectivity index is 2.04. The lowest BCUT2D eigenvalue weighted by Gasteiger charge is -2.01. The molecule has 1 unspecified atom stereocenters. The largest absolute Gasteiger partial charge is 0.481 e. The Morgan fingerprint density at radius 1 is 1.65 bits per heavy atom. The summed E-state index contributed by atoms with van der Waals surface area (Å²) in [6, 6.07) is 0. The molecule has 0 aliphatic heterocycles. The van der Waals surface area contributed by atoms with Crippen LogP contribution in [-0.4, -0.2) is 25.6 Å². The molecule has 0 saturated carbocycles. The number of fused-ring (bicyclic) bond motifs is 1. The lowest BCUT2D eigenvalue weighted by molar-refractivity contribution is -0.138. The van der Waals surface area contributed by atoms with E-state index in [0.717, 1.165) is 27.8 Å². The van der Waals surface area contributed by atoms with E-state index in [0.29, 0.717) is 6.42 Å². The predicted octanol–water partition coefficient (Wildman–Crippen LogP) is 1.66. The van der Waals surface area contributed by atoms with Gasteiger partial charge < -0.3 is 9.67 Å². The maximum atomic E-state index is 11.1. The summed E-state index contributed by atoms with van der Waals surface area (Å²) >= 11 is 1.56. The topological polar surface area (TPSA) is 68.0 Å². The van der Waals surface area contributed by atoms with Crippen LogP contribution in [-0.2, 0) is 18.3 Å². The number of hydrogen-bond acceptors (Lipinski definition) is 4. The van der Waals surface area contributed by atoms with E-state index >= 15 is 0 Å². The van der Waals surface area contributed by atoms with Crippen LogP contribution < -0.4 is 0 Å². The fourth-order valence-corrected chi connectivity index (χ4v) is 3.31. The summed E-state index contributed by atoms with van der Waals surface area (Å²) in [5.41, 5.74) is 0.737. The highest BCUT2D eigenvalue weighted by Crippen LogP contribution is 2.39. The van der Waals surface area contributed by atoms with Crippen molar-refractivity contribution in [1.82, 2.24) is 14.5 Å². The normalized spacial score (nSPS) is 18.3. The zero-order valence-corrected chi connectivity index (χ0v) is 10.1. The van der Waals surface area contributed by atoms with Crippen molar-refractivity contribution < 1.29 is 9.90 Å². The number of imidazole rings is 1. The molecule has 1 aliphatic rings. The minimum atomic E-state index is -0.777. The van der Waals surface area contributed by atoms with E-state index in [-0.39, 0.29) is 0 Å². The molecule has 88 valence electrons. The van der Waals surface area contributed by atoms with Gasteiger partial charge in [0.15, 0.2) is 10.8 Å². The van der Waals surface area contributed by atoms with E-state index in [4.69, 9.17) is 5.11 Å². The molecule has 2 aromatic heterocycles. The first-order chi connectivity index (χ1) is 8.16. The highest BCUT2D eigenvalue weighted by Gasteiger charge is 2.32. The fourth-order valence-electron chi connectivity index (χ4n) is 2.13. The molecular formula is C11H11N3O2S. The number of carboxylic acid groups (broad SMARTS) is 1. The number of aliphatic carboxylic acids is 1. The van der Waals surface area contributed by atoms with Crippen LogP contribution in [0.4, 0.5) is 0 Å². The zero-order chi connectivity index (χ0) is 12.0. The lowest BCUT2D eigenvalue weighted by Crippen LogP contribution is -2.08. The van der Waals surface area contributed by atoms with Crippen molar-refractivity contribution in [2.24, 2.45) is 7.05 Å². The van der Waals surface area contributed by atoms with E-state index < -0.39 is 11.9 Å². The minimum absolute atomic E-state index is 0.435. The van der Waals surface area contributed by atoms with Crippen molar-refractivity contribution in [3.63, 3.8) is 0 Å². The Bertz CT molecular complexity index is 587. The first-order valence-corrected chi connectivity index (χ1v) is 6.18. The highest BCUT2D eigenvalue weighted by molar-refractivity contribution is 7.15. The third kappa shape index (κ3) is 1.56. The van der Waals surface area contributed by atoms with Crippen LogP contribution in [0.15, 0.2) is 12.4 Å². The molecular weight excluding hydrogens is 238 g/mol. The van der Waals surface area contributed by atoms with Crippen LogP contribution >= 0.6 is 11.3 Å². The molecule has 0 amide bonds.